The topological polar surface area (TPSA) is 99.4 Å². The van der Waals surface area contributed by atoms with Gasteiger partial charge in [-0.05, 0) is 28.5 Å². The Hall–Kier alpha value is -3.48. The second kappa shape index (κ2) is 6.56. The second-order valence-corrected chi connectivity index (χ2v) is 5.75. The van der Waals surface area contributed by atoms with Gasteiger partial charge in [0.1, 0.15) is 0 Å². The van der Waals surface area contributed by atoms with Crippen molar-refractivity contribution in [3.05, 3.63) is 65.9 Å². The Balaban J connectivity index is 1.41. The lowest BCUT2D eigenvalue weighted by Crippen LogP contribution is -2.24. The summed E-state index contributed by atoms with van der Waals surface area (Å²) in [5, 5.41) is 18.0. The Morgan fingerprint density at radius 1 is 1.12 bits per heavy atom. The molecule has 0 aliphatic carbocycles. The van der Waals surface area contributed by atoms with E-state index in [9.17, 15) is 4.79 Å². The lowest BCUT2D eigenvalue weighted by atomic mass is 10.1. The summed E-state index contributed by atoms with van der Waals surface area (Å²) in [6, 6.07) is 15.7. The fourth-order valence-electron chi connectivity index (χ4n) is 2.82. The molecule has 7 heteroatoms. The number of rotatable bonds is 5. The van der Waals surface area contributed by atoms with Crippen LogP contribution in [0.1, 0.15) is 11.1 Å². The highest BCUT2D eigenvalue weighted by Crippen LogP contribution is 2.18. The van der Waals surface area contributed by atoms with E-state index < -0.39 is 0 Å². The number of hydrogen-bond donors (Lipinski definition) is 3. The van der Waals surface area contributed by atoms with Crippen LogP contribution in [-0.2, 0) is 17.8 Å². The summed E-state index contributed by atoms with van der Waals surface area (Å²) in [5.41, 5.74) is 3.87. The quantitative estimate of drug-likeness (QED) is 0.522. The van der Waals surface area contributed by atoms with Crippen LogP contribution >= 0.6 is 0 Å². The fourth-order valence-corrected chi connectivity index (χ4v) is 2.82. The lowest BCUT2D eigenvalue weighted by molar-refractivity contribution is -0.120. The van der Waals surface area contributed by atoms with Crippen LogP contribution in [0.25, 0.3) is 22.3 Å². The number of carbonyl (C=O) groups is 1. The van der Waals surface area contributed by atoms with Gasteiger partial charge in [-0.25, -0.2) is 0 Å². The molecule has 0 spiro atoms. The highest BCUT2D eigenvalue weighted by molar-refractivity contribution is 5.88. The zero-order valence-electron chi connectivity index (χ0n) is 13.4. The van der Waals surface area contributed by atoms with Gasteiger partial charge in [0, 0.05) is 29.2 Å². The molecular weight excluding hydrogens is 316 g/mol. The van der Waals surface area contributed by atoms with Crippen LogP contribution in [-0.4, -0.2) is 31.5 Å². The first kappa shape index (κ1) is 15.1. The smallest absolute Gasteiger partial charge is 0.224 e. The van der Waals surface area contributed by atoms with Gasteiger partial charge in [-0.3, -0.25) is 4.79 Å². The first-order valence-corrected chi connectivity index (χ1v) is 7.94. The van der Waals surface area contributed by atoms with Crippen molar-refractivity contribution >= 4 is 16.8 Å². The van der Waals surface area contributed by atoms with E-state index in [1.807, 2.05) is 54.7 Å². The average molecular weight is 332 g/mol. The van der Waals surface area contributed by atoms with Crippen LogP contribution in [0.4, 0.5) is 0 Å². The SMILES string of the molecule is O=C(Cc1c[nH]c2ccccc12)NCc1cccc(-c2nn[nH]n2)c1. The molecule has 1 amide bonds. The van der Waals surface area contributed by atoms with Gasteiger partial charge in [0.05, 0.1) is 6.42 Å². The number of hydrogen-bond acceptors (Lipinski definition) is 4. The van der Waals surface area contributed by atoms with E-state index in [1.165, 1.54) is 0 Å². The molecule has 0 bridgehead atoms. The number of H-pyrrole nitrogens is 2. The van der Waals surface area contributed by atoms with E-state index in [1.54, 1.807) is 0 Å². The van der Waals surface area contributed by atoms with Crippen LogP contribution in [0.3, 0.4) is 0 Å². The van der Waals surface area contributed by atoms with Crippen molar-refractivity contribution in [1.29, 1.82) is 0 Å². The summed E-state index contributed by atoms with van der Waals surface area (Å²) in [7, 11) is 0. The van der Waals surface area contributed by atoms with Crippen molar-refractivity contribution in [3.63, 3.8) is 0 Å². The average Bonchev–Trinajstić information content (AvgIpc) is 3.31. The van der Waals surface area contributed by atoms with Crippen molar-refractivity contribution in [1.82, 2.24) is 30.9 Å². The Kier molecular flexibility index (Phi) is 3.96. The molecule has 3 N–H and O–H groups in total. The van der Waals surface area contributed by atoms with Crippen molar-refractivity contribution < 1.29 is 4.79 Å². The van der Waals surface area contributed by atoms with Gasteiger partial charge in [-0.2, -0.15) is 5.21 Å². The fraction of sp³-hybridized carbons (Fsp3) is 0.111. The zero-order valence-corrected chi connectivity index (χ0v) is 13.4. The predicted molar refractivity (Wildman–Crippen MR) is 93.5 cm³/mol. The number of tetrazole rings is 1. The van der Waals surface area contributed by atoms with E-state index >= 15 is 0 Å². The van der Waals surface area contributed by atoms with E-state index in [-0.39, 0.29) is 5.91 Å². The summed E-state index contributed by atoms with van der Waals surface area (Å²) in [4.78, 5) is 15.5. The third-order valence-electron chi connectivity index (χ3n) is 4.05. The number of carbonyl (C=O) groups excluding carboxylic acids is 1. The number of nitrogens with one attached hydrogen (secondary N) is 3. The molecule has 0 unspecified atom stereocenters. The molecule has 0 aliphatic rings. The number of benzene rings is 2. The van der Waals surface area contributed by atoms with Crippen molar-refractivity contribution in [2.24, 2.45) is 0 Å². The minimum atomic E-state index is -0.0188. The molecule has 124 valence electrons. The molecule has 0 aliphatic heterocycles. The van der Waals surface area contributed by atoms with Crippen molar-refractivity contribution in [2.45, 2.75) is 13.0 Å². The van der Waals surface area contributed by atoms with Gasteiger partial charge < -0.3 is 10.3 Å². The highest BCUT2D eigenvalue weighted by atomic mass is 16.1. The standard InChI is InChI=1S/C18H16N6O/c25-17(9-14-11-19-16-7-2-1-6-15(14)16)20-10-12-4-3-5-13(8-12)18-21-23-24-22-18/h1-8,11,19H,9-10H2,(H,20,25)(H,21,22,23,24). The van der Waals surface area contributed by atoms with Gasteiger partial charge in [0.2, 0.25) is 11.7 Å². The number of aromatic nitrogens is 5. The minimum absolute atomic E-state index is 0.0188. The molecule has 0 radical (unpaired) electrons. The molecule has 2 aromatic carbocycles. The second-order valence-electron chi connectivity index (χ2n) is 5.75. The van der Waals surface area contributed by atoms with E-state index in [2.05, 4.69) is 30.9 Å². The molecule has 2 heterocycles. The summed E-state index contributed by atoms with van der Waals surface area (Å²) in [5.74, 6) is 0.515. The molecule has 25 heavy (non-hydrogen) atoms. The van der Waals surface area contributed by atoms with E-state index in [4.69, 9.17) is 0 Å². The maximum absolute atomic E-state index is 12.3. The van der Waals surface area contributed by atoms with Crippen LogP contribution in [0.15, 0.2) is 54.7 Å². The number of fused-ring (bicyclic) bond motifs is 1. The van der Waals surface area contributed by atoms with E-state index in [0.29, 0.717) is 18.8 Å². The summed E-state index contributed by atoms with van der Waals surface area (Å²) in [6.07, 6.45) is 2.23. The maximum Gasteiger partial charge on any atom is 0.224 e. The van der Waals surface area contributed by atoms with Gasteiger partial charge in [-0.15, -0.1) is 10.2 Å². The molecule has 4 aromatic rings. The van der Waals surface area contributed by atoms with Crippen LogP contribution in [0.2, 0.25) is 0 Å². The zero-order chi connectivity index (χ0) is 17.1. The van der Waals surface area contributed by atoms with Gasteiger partial charge in [-0.1, -0.05) is 36.4 Å². The Labute approximate surface area is 143 Å². The molecular formula is C18H16N6O. The monoisotopic (exact) mass is 332 g/mol. The Bertz CT molecular complexity index is 1010. The molecule has 4 rings (SSSR count). The number of nitrogens with zero attached hydrogens (tertiary/aromatic N) is 3. The van der Waals surface area contributed by atoms with Crippen LogP contribution in [0, 0.1) is 0 Å². The highest BCUT2D eigenvalue weighted by Gasteiger charge is 2.09. The number of aromatic amines is 2. The first-order chi connectivity index (χ1) is 12.3. The van der Waals surface area contributed by atoms with E-state index in [0.717, 1.165) is 27.6 Å². The van der Waals surface area contributed by atoms with Crippen molar-refractivity contribution in [3.8, 4) is 11.4 Å². The molecule has 0 saturated heterocycles. The molecule has 0 atom stereocenters. The third kappa shape index (κ3) is 3.25. The molecule has 0 fully saturated rings. The third-order valence-corrected chi connectivity index (χ3v) is 4.05. The maximum atomic E-state index is 12.3. The lowest BCUT2D eigenvalue weighted by Gasteiger charge is -2.06. The number of para-hydroxylation sites is 1. The molecule has 2 aromatic heterocycles. The molecule has 7 nitrogen and oxygen atoms in total. The normalized spacial score (nSPS) is 10.9. The first-order valence-electron chi connectivity index (χ1n) is 7.94. The minimum Gasteiger partial charge on any atom is -0.361 e. The predicted octanol–water partition coefficient (Wildman–Crippen LogP) is 2.21. The van der Waals surface area contributed by atoms with Gasteiger partial charge >= 0.3 is 0 Å². The summed E-state index contributed by atoms with van der Waals surface area (Å²) >= 11 is 0. The van der Waals surface area contributed by atoms with Gasteiger partial charge in [0.25, 0.3) is 0 Å². The molecule has 0 saturated carbocycles. The summed E-state index contributed by atoms with van der Waals surface area (Å²) in [6.45, 7) is 0.451. The van der Waals surface area contributed by atoms with Gasteiger partial charge in [0.15, 0.2) is 0 Å². The Morgan fingerprint density at radius 3 is 2.92 bits per heavy atom. The largest absolute Gasteiger partial charge is 0.361 e. The Morgan fingerprint density at radius 2 is 2.04 bits per heavy atom. The number of amides is 1. The van der Waals surface area contributed by atoms with Crippen LogP contribution < -0.4 is 5.32 Å². The summed E-state index contributed by atoms with van der Waals surface area (Å²) < 4.78 is 0. The van der Waals surface area contributed by atoms with Crippen LogP contribution in [0.5, 0.6) is 0 Å². The van der Waals surface area contributed by atoms with Crippen molar-refractivity contribution in [2.75, 3.05) is 0 Å².